The third kappa shape index (κ3) is 9.94. The molecule has 1 aliphatic rings. The topological polar surface area (TPSA) is 155 Å². The largest absolute Gasteiger partial charge is 0.391 e. The monoisotopic (exact) mass is 698 g/mol. The normalized spacial score (nSPS) is 17.2. The van der Waals surface area contributed by atoms with Crippen molar-refractivity contribution in [2.75, 3.05) is 25.5 Å². The van der Waals surface area contributed by atoms with Crippen LogP contribution in [0, 0.1) is 19.3 Å². The summed E-state index contributed by atoms with van der Waals surface area (Å²) in [5.41, 5.74) is 4.99. The van der Waals surface area contributed by atoms with E-state index >= 15 is 0 Å². The van der Waals surface area contributed by atoms with E-state index in [-0.39, 0.29) is 62.1 Å². The van der Waals surface area contributed by atoms with Gasteiger partial charge in [-0.1, -0.05) is 62.7 Å². The number of likely N-dealkylation sites (tertiary alicyclic amines) is 1. The Morgan fingerprint density at radius 3 is 2.38 bits per heavy atom. The Hall–Kier alpha value is -3.65. The van der Waals surface area contributed by atoms with Gasteiger partial charge in [0.15, 0.2) is 9.84 Å². The van der Waals surface area contributed by atoms with E-state index in [0.717, 1.165) is 27.3 Å². The van der Waals surface area contributed by atoms with Crippen LogP contribution in [0.5, 0.6) is 0 Å². The molecule has 0 unspecified atom stereocenters. The molecular weight excluding hydrogens is 653 g/mol. The van der Waals surface area contributed by atoms with E-state index in [0.29, 0.717) is 0 Å². The van der Waals surface area contributed by atoms with E-state index < -0.39 is 45.3 Å². The molecule has 13 heteroatoms. The summed E-state index contributed by atoms with van der Waals surface area (Å²) in [6, 6.07) is 12.7. The lowest BCUT2D eigenvalue weighted by Crippen LogP contribution is -2.57. The minimum Gasteiger partial charge on any atom is -0.391 e. The second-order valence-electron chi connectivity index (χ2n) is 13.3. The zero-order valence-electron chi connectivity index (χ0n) is 28.2. The SMILES string of the molecule is Cc1ccc(S(=O)(=O)CCCOCCC(=O)N[C@H](C(=O)N2C[C@@H](O)C[C@H]2C(=O)NCc2ccc(-c3scnc3C)cc2)C(C)(C)C)cc1. The number of ether oxygens (including phenoxy) is 1. The van der Waals surface area contributed by atoms with Crippen LogP contribution in [0.3, 0.4) is 0 Å². The van der Waals surface area contributed by atoms with Gasteiger partial charge in [0.25, 0.3) is 0 Å². The number of carbonyl (C=O) groups excluding carboxylic acids is 3. The standard InChI is InChI=1S/C35H46N4O7S2/c1-23-7-13-28(14-8-23)48(44,45)18-6-16-46-17-15-30(41)38-32(35(3,4)5)34(43)39-21-27(40)19-29(39)33(42)36-20-25-9-11-26(12-10-25)31-24(2)37-22-47-31/h7-14,22,27,29,32,40H,6,15-21H2,1-5H3,(H,36,42)(H,38,41)/t27-,29-,32+/m0/s1. The Kier molecular flexibility index (Phi) is 12.5. The van der Waals surface area contributed by atoms with Gasteiger partial charge in [-0.25, -0.2) is 13.4 Å². The number of hydrogen-bond donors (Lipinski definition) is 3. The summed E-state index contributed by atoms with van der Waals surface area (Å²) in [6.07, 6.45) is -0.525. The minimum atomic E-state index is -3.42. The van der Waals surface area contributed by atoms with Crippen molar-refractivity contribution in [3.63, 3.8) is 0 Å². The average molecular weight is 699 g/mol. The zero-order valence-corrected chi connectivity index (χ0v) is 29.8. The number of aryl methyl sites for hydroxylation is 2. The van der Waals surface area contributed by atoms with Gasteiger partial charge in [0.2, 0.25) is 17.7 Å². The van der Waals surface area contributed by atoms with Crippen molar-refractivity contribution in [1.82, 2.24) is 20.5 Å². The Labute approximate surface area is 287 Å². The van der Waals surface area contributed by atoms with Crippen LogP contribution in [0.15, 0.2) is 58.9 Å². The summed E-state index contributed by atoms with van der Waals surface area (Å²) >= 11 is 1.57. The summed E-state index contributed by atoms with van der Waals surface area (Å²) in [5.74, 6) is -1.30. The van der Waals surface area contributed by atoms with Gasteiger partial charge in [-0.3, -0.25) is 14.4 Å². The van der Waals surface area contributed by atoms with E-state index in [1.807, 2.05) is 58.9 Å². The maximum atomic E-state index is 13.8. The first kappa shape index (κ1) is 37.2. The molecule has 1 aromatic heterocycles. The number of aliphatic hydroxyl groups excluding tert-OH is 1. The number of aromatic nitrogens is 1. The molecule has 0 spiro atoms. The van der Waals surface area contributed by atoms with E-state index in [4.69, 9.17) is 4.74 Å². The molecular formula is C35H46N4O7S2. The molecule has 0 radical (unpaired) electrons. The quantitative estimate of drug-likeness (QED) is 0.215. The van der Waals surface area contributed by atoms with Gasteiger partial charge in [0, 0.05) is 32.5 Å². The predicted molar refractivity (Wildman–Crippen MR) is 185 cm³/mol. The van der Waals surface area contributed by atoms with E-state index in [9.17, 15) is 27.9 Å². The third-order valence-electron chi connectivity index (χ3n) is 8.27. The molecule has 3 amide bonds. The zero-order chi connectivity index (χ0) is 35.1. The Morgan fingerprint density at radius 1 is 1.06 bits per heavy atom. The van der Waals surface area contributed by atoms with Gasteiger partial charge >= 0.3 is 0 Å². The molecule has 2 aromatic carbocycles. The van der Waals surface area contributed by atoms with Gasteiger partial charge < -0.3 is 25.4 Å². The van der Waals surface area contributed by atoms with Gasteiger partial charge in [-0.2, -0.15) is 0 Å². The first-order valence-corrected chi connectivity index (χ1v) is 18.6. The number of benzene rings is 2. The predicted octanol–water partition coefficient (Wildman–Crippen LogP) is 3.81. The maximum absolute atomic E-state index is 13.8. The first-order valence-electron chi connectivity index (χ1n) is 16.1. The van der Waals surface area contributed by atoms with Crippen molar-refractivity contribution in [1.29, 1.82) is 0 Å². The molecule has 48 heavy (non-hydrogen) atoms. The molecule has 0 bridgehead atoms. The molecule has 0 aliphatic carbocycles. The second-order valence-corrected chi connectivity index (χ2v) is 16.3. The van der Waals surface area contributed by atoms with Crippen LogP contribution in [0.4, 0.5) is 0 Å². The van der Waals surface area contributed by atoms with Gasteiger partial charge in [0.1, 0.15) is 12.1 Å². The van der Waals surface area contributed by atoms with Crippen LogP contribution in [-0.2, 0) is 35.5 Å². The first-order chi connectivity index (χ1) is 22.7. The molecule has 260 valence electrons. The molecule has 2 heterocycles. The molecule has 3 N–H and O–H groups in total. The summed E-state index contributed by atoms with van der Waals surface area (Å²) in [6.45, 7) is 9.77. The summed E-state index contributed by atoms with van der Waals surface area (Å²) < 4.78 is 30.6. The van der Waals surface area contributed by atoms with E-state index in [1.165, 1.54) is 4.90 Å². The average Bonchev–Trinajstić information content (AvgIpc) is 3.65. The van der Waals surface area contributed by atoms with Gasteiger partial charge in [-0.05, 0) is 48.9 Å². The second kappa shape index (κ2) is 16.2. The number of carbonyl (C=O) groups is 3. The highest BCUT2D eigenvalue weighted by molar-refractivity contribution is 7.91. The van der Waals surface area contributed by atoms with Gasteiger partial charge in [0.05, 0.1) is 39.4 Å². The fourth-order valence-corrected chi connectivity index (χ4v) is 7.59. The molecule has 1 fully saturated rings. The highest BCUT2D eigenvalue weighted by Crippen LogP contribution is 2.28. The number of aliphatic hydroxyl groups is 1. The fraction of sp³-hybridized carbons (Fsp3) is 0.486. The lowest BCUT2D eigenvalue weighted by molar-refractivity contribution is -0.144. The summed E-state index contributed by atoms with van der Waals surface area (Å²) in [4.78, 5) is 47.0. The van der Waals surface area contributed by atoms with Crippen molar-refractivity contribution in [3.8, 4) is 10.4 Å². The third-order valence-corrected chi connectivity index (χ3v) is 11.1. The van der Waals surface area contributed by atoms with Crippen LogP contribution in [0.1, 0.15) is 56.9 Å². The Balaban J connectivity index is 1.26. The number of rotatable bonds is 14. The van der Waals surface area contributed by atoms with Crippen molar-refractivity contribution >= 4 is 38.9 Å². The van der Waals surface area contributed by atoms with Crippen LogP contribution in [-0.4, -0.2) is 84.8 Å². The molecule has 11 nitrogen and oxygen atoms in total. The molecule has 1 aliphatic heterocycles. The lowest BCUT2D eigenvalue weighted by atomic mass is 9.85. The van der Waals surface area contributed by atoms with Crippen LogP contribution < -0.4 is 10.6 Å². The molecule has 3 aromatic rings. The molecule has 3 atom stereocenters. The highest BCUT2D eigenvalue weighted by Gasteiger charge is 2.44. The van der Waals surface area contributed by atoms with Crippen molar-refractivity contribution in [2.45, 2.75) is 83.5 Å². The fourth-order valence-electron chi connectivity index (χ4n) is 5.49. The maximum Gasteiger partial charge on any atom is 0.246 e. The number of β-amino-alcohol motifs (C(OH)–C–C–N with tert-alkyl or cyclic N) is 1. The van der Waals surface area contributed by atoms with E-state index in [2.05, 4.69) is 15.6 Å². The Bertz CT molecular complexity index is 1670. The van der Waals surface area contributed by atoms with Crippen molar-refractivity contribution in [2.24, 2.45) is 5.41 Å². The minimum absolute atomic E-state index is 0.0170. The lowest BCUT2D eigenvalue weighted by Gasteiger charge is -2.35. The smallest absolute Gasteiger partial charge is 0.246 e. The molecule has 4 rings (SSSR count). The van der Waals surface area contributed by atoms with E-state index in [1.54, 1.807) is 41.1 Å². The van der Waals surface area contributed by atoms with Crippen LogP contribution in [0.2, 0.25) is 0 Å². The number of hydrogen-bond acceptors (Lipinski definition) is 9. The van der Waals surface area contributed by atoms with Crippen molar-refractivity contribution < 1.29 is 32.6 Å². The summed E-state index contributed by atoms with van der Waals surface area (Å²) in [5, 5.41) is 16.2. The molecule has 0 saturated carbocycles. The number of sulfone groups is 1. The van der Waals surface area contributed by atoms with Crippen molar-refractivity contribution in [3.05, 3.63) is 70.9 Å². The number of thiazole rings is 1. The number of nitrogens with zero attached hydrogens (tertiary/aromatic N) is 2. The highest BCUT2D eigenvalue weighted by atomic mass is 32.2. The van der Waals surface area contributed by atoms with Crippen LogP contribution >= 0.6 is 11.3 Å². The van der Waals surface area contributed by atoms with Gasteiger partial charge in [-0.15, -0.1) is 11.3 Å². The Morgan fingerprint density at radius 2 is 1.75 bits per heavy atom. The van der Waals surface area contributed by atoms with Crippen LogP contribution in [0.25, 0.3) is 10.4 Å². The summed E-state index contributed by atoms with van der Waals surface area (Å²) in [7, 11) is -3.42. The molecule has 1 saturated heterocycles. The number of nitrogens with one attached hydrogen (secondary N) is 2. The number of amides is 3.